The zero-order valence-electron chi connectivity index (χ0n) is 14.0. The normalized spacial score (nSPS) is 10.8. The van der Waals surface area contributed by atoms with Gasteiger partial charge in [0.2, 0.25) is 0 Å². The van der Waals surface area contributed by atoms with Crippen LogP contribution in [0.4, 0.5) is 8.78 Å². The molecule has 134 valence electrons. The van der Waals surface area contributed by atoms with Gasteiger partial charge in [-0.1, -0.05) is 13.8 Å². The molecule has 0 aliphatic heterocycles. The molecule has 0 atom stereocenters. The molecule has 0 saturated heterocycles. The van der Waals surface area contributed by atoms with Crippen LogP contribution in [-0.2, 0) is 6.54 Å². The molecule has 1 aromatic carbocycles. The van der Waals surface area contributed by atoms with Crippen molar-refractivity contribution in [2.24, 2.45) is 5.92 Å². The second-order valence-electron chi connectivity index (χ2n) is 6.02. The number of amides is 2. The Morgan fingerprint density at radius 3 is 2.44 bits per heavy atom. The van der Waals surface area contributed by atoms with Crippen molar-refractivity contribution in [2.75, 3.05) is 6.54 Å². The van der Waals surface area contributed by atoms with Gasteiger partial charge in [0.15, 0.2) is 5.69 Å². The lowest BCUT2D eigenvalue weighted by Gasteiger charge is -2.08. The molecule has 0 saturated carbocycles. The fourth-order valence-electron chi connectivity index (χ4n) is 2.18. The van der Waals surface area contributed by atoms with Gasteiger partial charge in [-0.2, -0.15) is 0 Å². The van der Waals surface area contributed by atoms with Crippen LogP contribution < -0.4 is 10.6 Å². The maximum atomic E-state index is 13.1. The second-order valence-corrected chi connectivity index (χ2v) is 6.02. The molecule has 3 N–H and O–H groups in total. The first-order valence-electron chi connectivity index (χ1n) is 7.91. The molecule has 2 amide bonds. The van der Waals surface area contributed by atoms with Gasteiger partial charge in [-0.3, -0.25) is 9.59 Å². The summed E-state index contributed by atoms with van der Waals surface area (Å²) < 4.78 is 26.3. The fourth-order valence-corrected chi connectivity index (χ4v) is 2.18. The summed E-state index contributed by atoms with van der Waals surface area (Å²) >= 11 is 0. The molecular formula is C17H20F2N4O2. The topological polar surface area (TPSA) is 86.9 Å². The van der Waals surface area contributed by atoms with E-state index in [0.717, 1.165) is 24.6 Å². The third kappa shape index (κ3) is 5.37. The molecule has 0 aliphatic carbocycles. The number of nitrogens with one attached hydrogen (secondary N) is 3. The van der Waals surface area contributed by atoms with E-state index >= 15 is 0 Å². The predicted molar refractivity (Wildman–Crippen MR) is 87.9 cm³/mol. The highest BCUT2D eigenvalue weighted by molar-refractivity contribution is 6.04. The highest BCUT2D eigenvalue weighted by atomic mass is 19.1. The van der Waals surface area contributed by atoms with Crippen LogP contribution in [0.3, 0.4) is 0 Å². The summed E-state index contributed by atoms with van der Waals surface area (Å²) in [5.41, 5.74) is 0.249. The van der Waals surface area contributed by atoms with Gasteiger partial charge < -0.3 is 15.6 Å². The average molecular weight is 350 g/mol. The van der Waals surface area contributed by atoms with E-state index in [0.29, 0.717) is 12.5 Å². The number of rotatable bonds is 7. The van der Waals surface area contributed by atoms with Crippen molar-refractivity contribution >= 4 is 11.8 Å². The summed E-state index contributed by atoms with van der Waals surface area (Å²) in [7, 11) is 0. The molecule has 2 aromatic rings. The summed E-state index contributed by atoms with van der Waals surface area (Å²) in [5, 5.41) is 5.20. The number of nitrogens with zero attached hydrogens (tertiary/aromatic N) is 1. The number of imidazole rings is 1. The molecule has 0 fully saturated rings. The Labute approximate surface area is 144 Å². The summed E-state index contributed by atoms with van der Waals surface area (Å²) in [6.07, 6.45) is 2.05. The molecule has 0 unspecified atom stereocenters. The Hall–Kier alpha value is -2.77. The van der Waals surface area contributed by atoms with E-state index in [9.17, 15) is 18.4 Å². The van der Waals surface area contributed by atoms with Crippen molar-refractivity contribution in [3.63, 3.8) is 0 Å². The van der Waals surface area contributed by atoms with E-state index in [-0.39, 0.29) is 23.5 Å². The van der Waals surface area contributed by atoms with Gasteiger partial charge in [0, 0.05) is 19.2 Å². The minimum absolute atomic E-state index is 0.000998. The zero-order chi connectivity index (χ0) is 18.4. The van der Waals surface area contributed by atoms with Crippen LogP contribution in [0.2, 0.25) is 0 Å². The summed E-state index contributed by atoms with van der Waals surface area (Å²) in [6, 6.07) is 2.99. The van der Waals surface area contributed by atoms with Crippen LogP contribution in [0, 0.1) is 17.6 Å². The van der Waals surface area contributed by atoms with Crippen molar-refractivity contribution in [1.29, 1.82) is 0 Å². The molecule has 0 bridgehead atoms. The Balaban J connectivity index is 1.98. The third-order valence-electron chi connectivity index (χ3n) is 3.46. The number of carbonyl (C=O) groups excluding carboxylic acids is 2. The van der Waals surface area contributed by atoms with Crippen LogP contribution in [0.5, 0.6) is 0 Å². The molecule has 0 spiro atoms. The van der Waals surface area contributed by atoms with Gasteiger partial charge in [-0.15, -0.1) is 0 Å². The highest BCUT2D eigenvalue weighted by Gasteiger charge is 2.20. The lowest BCUT2D eigenvalue weighted by Crippen LogP contribution is -2.30. The number of carbonyl (C=O) groups is 2. The molecule has 1 heterocycles. The lowest BCUT2D eigenvalue weighted by atomic mass is 10.1. The van der Waals surface area contributed by atoms with E-state index < -0.39 is 23.4 Å². The van der Waals surface area contributed by atoms with Gasteiger partial charge in [0.25, 0.3) is 11.8 Å². The first kappa shape index (κ1) is 18.6. The average Bonchev–Trinajstić information content (AvgIpc) is 3.01. The number of aromatic amines is 1. The first-order chi connectivity index (χ1) is 11.9. The molecule has 25 heavy (non-hydrogen) atoms. The second kappa shape index (κ2) is 8.36. The summed E-state index contributed by atoms with van der Waals surface area (Å²) in [4.78, 5) is 30.8. The van der Waals surface area contributed by atoms with Crippen molar-refractivity contribution in [3.8, 4) is 0 Å². The number of benzene rings is 1. The predicted octanol–water partition coefficient (Wildman–Crippen LogP) is 2.39. The van der Waals surface area contributed by atoms with Crippen LogP contribution in [0.15, 0.2) is 24.5 Å². The van der Waals surface area contributed by atoms with Gasteiger partial charge in [-0.05, 0) is 30.0 Å². The van der Waals surface area contributed by atoms with Crippen molar-refractivity contribution in [3.05, 3.63) is 53.1 Å². The molecule has 0 aliphatic rings. The molecular weight excluding hydrogens is 330 g/mol. The van der Waals surface area contributed by atoms with E-state index in [1.807, 2.05) is 13.8 Å². The third-order valence-corrected chi connectivity index (χ3v) is 3.46. The minimum atomic E-state index is -0.726. The van der Waals surface area contributed by atoms with Gasteiger partial charge >= 0.3 is 0 Å². The Morgan fingerprint density at radius 1 is 1.12 bits per heavy atom. The zero-order valence-corrected chi connectivity index (χ0v) is 14.0. The largest absolute Gasteiger partial charge is 0.351 e. The highest BCUT2D eigenvalue weighted by Crippen LogP contribution is 2.09. The molecule has 8 heteroatoms. The molecule has 0 radical (unpaired) electrons. The number of hydrogen-bond donors (Lipinski definition) is 3. The summed E-state index contributed by atoms with van der Waals surface area (Å²) in [5.74, 6) is -2.05. The maximum Gasteiger partial charge on any atom is 0.272 e. The van der Waals surface area contributed by atoms with E-state index in [1.54, 1.807) is 0 Å². The van der Waals surface area contributed by atoms with E-state index in [4.69, 9.17) is 0 Å². The van der Waals surface area contributed by atoms with Crippen molar-refractivity contribution < 1.29 is 18.4 Å². The quantitative estimate of drug-likeness (QED) is 0.717. The van der Waals surface area contributed by atoms with E-state index in [1.165, 1.54) is 6.33 Å². The van der Waals surface area contributed by atoms with Gasteiger partial charge in [0.05, 0.1) is 6.33 Å². The molecule has 2 rings (SSSR count). The number of aromatic nitrogens is 2. The standard InChI is InChI=1S/C17H20F2N4O2/c1-10(2)3-4-20-16(24)14-15(23-9-22-14)17(25)21-8-11-5-12(18)7-13(19)6-11/h5-7,9-10H,3-4,8H2,1-2H3,(H,20,24)(H,21,25)(H,22,23). The lowest BCUT2D eigenvalue weighted by molar-refractivity contribution is 0.0911. The minimum Gasteiger partial charge on any atom is -0.351 e. The fraction of sp³-hybridized carbons (Fsp3) is 0.353. The molecule has 1 aromatic heterocycles. The van der Waals surface area contributed by atoms with Crippen molar-refractivity contribution in [1.82, 2.24) is 20.6 Å². The smallest absolute Gasteiger partial charge is 0.272 e. The van der Waals surface area contributed by atoms with E-state index in [2.05, 4.69) is 20.6 Å². The SMILES string of the molecule is CC(C)CCNC(=O)c1nc[nH]c1C(=O)NCc1cc(F)cc(F)c1. The number of halogens is 2. The molecule has 6 nitrogen and oxygen atoms in total. The first-order valence-corrected chi connectivity index (χ1v) is 7.91. The number of H-pyrrole nitrogens is 1. The Morgan fingerprint density at radius 2 is 1.80 bits per heavy atom. The Kier molecular flexibility index (Phi) is 6.21. The van der Waals surface area contributed by atoms with Crippen LogP contribution in [0.1, 0.15) is 46.8 Å². The van der Waals surface area contributed by atoms with Crippen molar-refractivity contribution in [2.45, 2.75) is 26.8 Å². The van der Waals surface area contributed by atoms with Crippen LogP contribution >= 0.6 is 0 Å². The van der Waals surface area contributed by atoms with Crippen LogP contribution in [0.25, 0.3) is 0 Å². The Bertz CT molecular complexity index is 739. The monoisotopic (exact) mass is 350 g/mol. The van der Waals surface area contributed by atoms with Crippen LogP contribution in [-0.4, -0.2) is 28.3 Å². The maximum absolute atomic E-state index is 13.1. The summed E-state index contributed by atoms with van der Waals surface area (Å²) in [6.45, 7) is 4.47. The van der Waals surface area contributed by atoms with Gasteiger partial charge in [0.1, 0.15) is 17.3 Å². The van der Waals surface area contributed by atoms with Gasteiger partial charge in [-0.25, -0.2) is 13.8 Å². The number of hydrogen-bond acceptors (Lipinski definition) is 3.